The number of hydrogen-bond donors (Lipinski definition) is 2. The molecule has 2 atom stereocenters. The van der Waals surface area contributed by atoms with Crippen LogP contribution in [0.2, 0.25) is 5.02 Å². The van der Waals surface area contributed by atoms with Gasteiger partial charge in [-0.25, -0.2) is 0 Å². The maximum atomic E-state index is 10.0. The van der Waals surface area contributed by atoms with Gasteiger partial charge in [-0.2, -0.15) is 0 Å². The third-order valence-corrected chi connectivity index (χ3v) is 3.70. The predicted molar refractivity (Wildman–Crippen MR) is 86.2 cm³/mol. The molecule has 4 heteroatoms. The molecule has 1 aromatic carbocycles. The van der Waals surface area contributed by atoms with Crippen molar-refractivity contribution in [3.05, 3.63) is 34.9 Å². The van der Waals surface area contributed by atoms with Gasteiger partial charge >= 0.3 is 0 Å². The van der Waals surface area contributed by atoms with Gasteiger partial charge in [-0.05, 0) is 44.1 Å². The van der Waals surface area contributed by atoms with Crippen molar-refractivity contribution in [2.24, 2.45) is 5.92 Å². The Labute approximate surface area is 127 Å². The fourth-order valence-corrected chi connectivity index (χ4v) is 2.22. The molecule has 0 fully saturated rings. The average Bonchev–Trinajstić information content (AvgIpc) is 2.38. The van der Waals surface area contributed by atoms with E-state index in [4.69, 9.17) is 11.6 Å². The Balaban J connectivity index is 2.40. The number of aliphatic hydroxyl groups excluding tert-OH is 1. The zero-order chi connectivity index (χ0) is 15.1. The quantitative estimate of drug-likeness (QED) is 0.774. The highest BCUT2D eigenvalue weighted by Crippen LogP contribution is 2.20. The van der Waals surface area contributed by atoms with E-state index in [9.17, 15) is 5.11 Å². The van der Waals surface area contributed by atoms with Crippen molar-refractivity contribution >= 4 is 11.6 Å². The number of benzene rings is 1. The maximum absolute atomic E-state index is 10.0. The third kappa shape index (κ3) is 6.23. The number of hydrogen-bond acceptors (Lipinski definition) is 3. The molecule has 0 aliphatic heterocycles. The van der Waals surface area contributed by atoms with Crippen molar-refractivity contribution in [1.29, 1.82) is 0 Å². The number of halogens is 1. The van der Waals surface area contributed by atoms with Gasteiger partial charge in [-0.1, -0.05) is 37.6 Å². The second-order valence-corrected chi connectivity index (χ2v) is 6.31. The molecule has 1 rings (SSSR count). The van der Waals surface area contributed by atoms with E-state index in [1.165, 1.54) is 5.56 Å². The molecule has 2 unspecified atom stereocenters. The fraction of sp³-hybridized carbons (Fsp3) is 0.625. The summed E-state index contributed by atoms with van der Waals surface area (Å²) in [4.78, 5) is 2.16. The third-order valence-electron chi connectivity index (χ3n) is 3.44. The lowest BCUT2D eigenvalue weighted by Gasteiger charge is -2.27. The van der Waals surface area contributed by atoms with Crippen LogP contribution in [-0.4, -0.2) is 42.8 Å². The van der Waals surface area contributed by atoms with Gasteiger partial charge in [0.05, 0.1) is 6.10 Å². The van der Waals surface area contributed by atoms with Gasteiger partial charge in [0.2, 0.25) is 0 Å². The highest BCUT2D eigenvalue weighted by atomic mass is 35.5. The lowest BCUT2D eigenvalue weighted by Crippen LogP contribution is -2.38. The van der Waals surface area contributed by atoms with Crippen molar-refractivity contribution in [2.75, 3.05) is 26.7 Å². The Morgan fingerprint density at radius 1 is 1.15 bits per heavy atom. The van der Waals surface area contributed by atoms with Crippen molar-refractivity contribution < 1.29 is 5.11 Å². The van der Waals surface area contributed by atoms with Crippen LogP contribution >= 0.6 is 11.6 Å². The second-order valence-electron chi connectivity index (χ2n) is 5.87. The van der Waals surface area contributed by atoms with Crippen LogP contribution in [0.4, 0.5) is 0 Å². The Hall–Kier alpha value is -0.610. The van der Waals surface area contributed by atoms with Gasteiger partial charge in [0.1, 0.15) is 0 Å². The highest BCUT2D eigenvalue weighted by molar-refractivity contribution is 6.30. The molecule has 3 nitrogen and oxygen atoms in total. The Morgan fingerprint density at radius 2 is 1.75 bits per heavy atom. The SMILES string of the molecule is CC(C)CNCC(O)CN(C)C(C)c1ccc(Cl)cc1. The lowest BCUT2D eigenvalue weighted by atomic mass is 10.1. The molecule has 0 bridgehead atoms. The predicted octanol–water partition coefficient (Wildman–Crippen LogP) is 2.94. The van der Waals surface area contributed by atoms with Crippen LogP contribution in [-0.2, 0) is 0 Å². The number of nitrogens with zero attached hydrogens (tertiary/aromatic N) is 1. The van der Waals surface area contributed by atoms with Gasteiger partial charge in [-0.15, -0.1) is 0 Å². The van der Waals surface area contributed by atoms with Crippen molar-refractivity contribution in [3.8, 4) is 0 Å². The van der Waals surface area contributed by atoms with Crippen LogP contribution in [0.25, 0.3) is 0 Å². The van der Waals surface area contributed by atoms with Crippen LogP contribution in [0.5, 0.6) is 0 Å². The molecule has 0 heterocycles. The topological polar surface area (TPSA) is 35.5 Å². The van der Waals surface area contributed by atoms with Crippen LogP contribution in [0, 0.1) is 5.92 Å². The first-order valence-corrected chi connectivity index (χ1v) is 7.62. The number of likely N-dealkylation sites (N-methyl/N-ethyl adjacent to an activating group) is 1. The number of nitrogens with one attached hydrogen (secondary N) is 1. The standard InChI is InChI=1S/C16H27ClN2O/c1-12(2)9-18-10-16(20)11-19(4)13(3)14-5-7-15(17)8-6-14/h5-8,12-13,16,18,20H,9-11H2,1-4H3. The molecule has 0 aliphatic rings. The summed E-state index contributed by atoms with van der Waals surface area (Å²) in [6.07, 6.45) is -0.353. The van der Waals surface area contributed by atoms with Gasteiger partial charge in [-0.3, -0.25) is 4.90 Å². The van der Waals surface area contributed by atoms with E-state index in [0.29, 0.717) is 19.0 Å². The molecule has 114 valence electrons. The first-order chi connectivity index (χ1) is 9.40. The Kier molecular flexibility index (Phi) is 7.52. The summed E-state index contributed by atoms with van der Waals surface area (Å²) in [6, 6.07) is 8.13. The molecule has 0 aliphatic carbocycles. The summed E-state index contributed by atoms with van der Waals surface area (Å²) < 4.78 is 0. The normalized spacial score (nSPS) is 14.8. The maximum Gasteiger partial charge on any atom is 0.0791 e. The Bertz CT molecular complexity index is 381. The van der Waals surface area contributed by atoms with E-state index in [1.807, 2.05) is 31.3 Å². The van der Waals surface area contributed by atoms with Crippen LogP contribution in [0.3, 0.4) is 0 Å². The zero-order valence-electron chi connectivity index (χ0n) is 12.9. The molecular weight excluding hydrogens is 272 g/mol. The number of aliphatic hydroxyl groups is 1. The van der Waals surface area contributed by atoms with E-state index >= 15 is 0 Å². The summed E-state index contributed by atoms with van der Waals surface area (Å²) in [7, 11) is 2.03. The molecule has 0 saturated carbocycles. The van der Waals surface area contributed by atoms with Crippen molar-refractivity contribution in [1.82, 2.24) is 10.2 Å². The minimum Gasteiger partial charge on any atom is -0.390 e. The van der Waals surface area contributed by atoms with Gasteiger partial charge in [0.15, 0.2) is 0 Å². The highest BCUT2D eigenvalue weighted by Gasteiger charge is 2.15. The molecule has 0 aromatic heterocycles. The first-order valence-electron chi connectivity index (χ1n) is 7.24. The summed E-state index contributed by atoms with van der Waals surface area (Å²) >= 11 is 5.90. The first kappa shape index (κ1) is 17.4. The van der Waals surface area contributed by atoms with Crippen molar-refractivity contribution in [2.45, 2.75) is 32.9 Å². The summed E-state index contributed by atoms with van der Waals surface area (Å²) in [5, 5.41) is 14.1. The van der Waals surface area contributed by atoms with E-state index in [1.54, 1.807) is 0 Å². The minimum absolute atomic E-state index is 0.256. The van der Waals surface area contributed by atoms with Gasteiger partial charge < -0.3 is 10.4 Å². The fourth-order valence-electron chi connectivity index (χ4n) is 2.09. The Morgan fingerprint density at radius 3 is 2.30 bits per heavy atom. The summed E-state index contributed by atoms with van der Waals surface area (Å²) in [6.45, 7) is 8.68. The molecular formula is C16H27ClN2O. The van der Waals surface area contributed by atoms with E-state index in [-0.39, 0.29) is 12.1 Å². The van der Waals surface area contributed by atoms with E-state index in [2.05, 4.69) is 31.0 Å². The molecule has 0 saturated heterocycles. The smallest absolute Gasteiger partial charge is 0.0791 e. The minimum atomic E-state index is -0.353. The second kappa shape index (κ2) is 8.63. The molecule has 0 spiro atoms. The molecule has 20 heavy (non-hydrogen) atoms. The summed E-state index contributed by atoms with van der Waals surface area (Å²) in [5.41, 5.74) is 1.21. The van der Waals surface area contributed by atoms with Gasteiger partial charge in [0, 0.05) is 24.2 Å². The molecule has 0 radical (unpaired) electrons. The monoisotopic (exact) mass is 298 g/mol. The van der Waals surface area contributed by atoms with Crippen LogP contribution in [0.1, 0.15) is 32.4 Å². The summed E-state index contributed by atoms with van der Waals surface area (Å²) in [5.74, 6) is 0.605. The van der Waals surface area contributed by atoms with Crippen molar-refractivity contribution in [3.63, 3.8) is 0 Å². The average molecular weight is 299 g/mol. The molecule has 2 N–H and O–H groups in total. The lowest BCUT2D eigenvalue weighted by molar-refractivity contribution is 0.106. The molecule has 1 aromatic rings. The van der Waals surface area contributed by atoms with Gasteiger partial charge in [0.25, 0.3) is 0 Å². The van der Waals surface area contributed by atoms with Crippen LogP contribution in [0.15, 0.2) is 24.3 Å². The van der Waals surface area contributed by atoms with E-state index in [0.717, 1.165) is 11.6 Å². The number of rotatable bonds is 8. The zero-order valence-corrected chi connectivity index (χ0v) is 13.7. The molecule has 0 amide bonds. The van der Waals surface area contributed by atoms with E-state index < -0.39 is 0 Å². The van der Waals surface area contributed by atoms with Crippen LogP contribution < -0.4 is 5.32 Å². The largest absolute Gasteiger partial charge is 0.390 e.